The van der Waals surface area contributed by atoms with Crippen LogP contribution < -0.4 is 10.6 Å². The van der Waals surface area contributed by atoms with E-state index in [4.69, 9.17) is 0 Å². The molecule has 1 unspecified atom stereocenters. The van der Waals surface area contributed by atoms with Crippen LogP contribution in [0.1, 0.15) is 38.1 Å². The molecule has 7 nitrogen and oxygen atoms in total. The second-order valence-corrected chi connectivity index (χ2v) is 7.10. The first-order valence-corrected chi connectivity index (χ1v) is 9.36. The van der Waals surface area contributed by atoms with Crippen molar-refractivity contribution in [2.24, 2.45) is 13.0 Å². The van der Waals surface area contributed by atoms with Gasteiger partial charge in [-0.25, -0.2) is 10.0 Å². The maximum absolute atomic E-state index is 13.0. The largest absolute Gasteiger partial charge is 0.318 e. The van der Waals surface area contributed by atoms with Crippen molar-refractivity contribution in [1.29, 1.82) is 0 Å². The zero-order valence-corrected chi connectivity index (χ0v) is 16.4. The van der Waals surface area contributed by atoms with Gasteiger partial charge >= 0.3 is 0 Å². The first-order valence-electron chi connectivity index (χ1n) is 9.36. The van der Waals surface area contributed by atoms with Crippen LogP contribution in [0.4, 0.5) is 5.95 Å². The number of hydroxylamine groups is 1. The molecule has 2 aromatic heterocycles. The fourth-order valence-electron chi connectivity index (χ4n) is 3.09. The van der Waals surface area contributed by atoms with Gasteiger partial charge in [-0.15, -0.1) is 0 Å². The lowest BCUT2D eigenvalue weighted by atomic mass is 10.1. The minimum absolute atomic E-state index is 0.214. The Morgan fingerprint density at radius 2 is 1.93 bits per heavy atom. The Labute approximate surface area is 158 Å². The summed E-state index contributed by atoms with van der Waals surface area (Å²) >= 11 is 0. The van der Waals surface area contributed by atoms with Crippen LogP contribution >= 0.6 is 0 Å². The zero-order chi connectivity index (χ0) is 19.6. The highest BCUT2D eigenvalue weighted by Crippen LogP contribution is 2.17. The van der Waals surface area contributed by atoms with Gasteiger partial charge in [0, 0.05) is 20.1 Å². The van der Waals surface area contributed by atoms with Crippen molar-refractivity contribution in [1.82, 2.24) is 19.1 Å². The minimum atomic E-state index is -0.214. The van der Waals surface area contributed by atoms with Crippen molar-refractivity contribution < 1.29 is 5.21 Å². The molecule has 0 amide bonds. The highest BCUT2D eigenvalue weighted by atomic mass is 16.5. The van der Waals surface area contributed by atoms with Gasteiger partial charge in [0.05, 0.1) is 0 Å². The second-order valence-electron chi connectivity index (χ2n) is 7.10. The molecule has 0 aliphatic rings. The summed E-state index contributed by atoms with van der Waals surface area (Å²) in [6.45, 7) is 7.09. The number of benzene rings is 1. The number of aromatic nitrogens is 4. The van der Waals surface area contributed by atoms with Crippen LogP contribution in [0.15, 0.2) is 35.1 Å². The maximum Gasteiger partial charge on any atom is 0.281 e. The molecule has 1 aromatic carbocycles. The lowest BCUT2D eigenvalue weighted by Gasteiger charge is -2.19. The van der Waals surface area contributed by atoms with E-state index in [1.807, 2.05) is 41.8 Å². The second kappa shape index (κ2) is 7.92. The van der Waals surface area contributed by atoms with Gasteiger partial charge in [-0.05, 0) is 24.8 Å². The molecule has 1 N–H and O–H groups in total. The molecule has 0 bridgehead atoms. The summed E-state index contributed by atoms with van der Waals surface area (Å²) in [7, 11) is 1.63. The predicted molar refractivity (Wildman–Crippen MR) is 106 cm³/mol. The van der Waals surface area contributed by atoms with E-state index in [9.17, 15) is 10.0 Å². The first-order chi connectivity index (χ1) is 12.9. The molecule has 0 aliphatic heterocycles. The fourth-order valence-corrected chi connectivity index (χ4v) is 3.09. The van der Waals surface area contributed by atoms with E-state index < -0.39 is 0 Å². The molecular formula is C20H27N5O2. The zero-order valence-electron chi connectivity index (χ0n) is 16.4. The summed E-state index contributed by atoms with van der Waals surface area (Å²) in [5.74, 6) is 1.44. The third-order valence-electron chi connectivity index (χ3n) is 5.10. The Morgan fingerprint density at radius 1 is 1.22 bits per heavy atom. The Kier molecular flexibility index (Phi) is 5.60. The van der Waals surface area contributed by atoms with Gasteiger partial charge in [-0.2, -0.15) is 4.98 Å². The molecule has 0 saturated carbocycles. The smallest absolute Gasteiger partial charge is 0.281 e. The molecule has 0 saturated heterocycles. The van der Waals surface area contributed by atoms with E-state index in [1.54, 1.807) is 7.05 Å². The van der Waals surface area contributed by atoms with Crippen LogP contribution in [-0.2, 0) is 13.6 Å². The van der Waals surface area contributed by atoms with Crippen LogP contribution in [-0.4, -0.2) is 30.9 Å². The Bertz CT molecular complexity index is 977. The summed E-state index contributed by atoms with van der Waals surface area (Å²) in [6, 6.07) is 9.94. The fraction of sp³-hybridized carbons (Fsp3) is 0.450. The lowest BCUT2D eigenvalue weighted by Crippen LogP contribution is -2.31. The van der Waals surface area contributed by atoms with E-state index >= 15 is 0 Å². The molecule has 3 rings (SSSR count). The van der Waals surface area contributed by atoms with Gasteiger partial charge in [-0.3, -0.25) is 14.6 Å². The minimum Gasteiger partial charge on any atom is -0.318 e. The molecule has 0 radical (unpaired) electrons. The molecule has 3 aromatic rings. The molecular weight excluding hydrogens is 342 g/mol. The lowest BCUT2D eigenvalue weighted by molar-refractivity contribution is 0.234. The highest BCUT2D eigenvalue weighted by Gasteiger charge is 2.19. The Balaban J connectivity index is 1.99. The number of imidazole rings is 1. The maximum atomic E-state index is 13.0. The van der Waals surface area contributed by atoms with Crippen molar-refractivity contribution in [3.63, 3.8) is 0 Å². The number of hydrogen-bond acceptors (Lipinski definition) is 5. The van der Waals surface area contributed by atoms with Crippen molar-refractivity contribution in [2.45, 2.75) is 40.2 Å². The summed E-state index contributed by atoms with van der Waals surface area (Å²) in [5.41, 5.74) is 1.69. The number of nitrogens with zero attached hydrogens (tertiary/aromatic N) is 5. The molecule has 27 heavy (non-hydrogen) atoms. The Hall–Kier alpha value is -2.67. The van der Waals surface area contributed by atoms with Gasteiger partial charge in [0.2, 0.25) is 5.95 Å². The summed E-state index contributed by atoms with van der Waals surface area (Å²) in [6.07, 6.45) is 1.87. The average molecular weight is 369 g/mol. The van der Waals surface area contributed by atoms with Crippen LogP contribution in [0.2, 0.25) is 0 Å². The van der Waals surface area contributed by atoms with Crippen molar-refractivity contribution in [2.75, 3.05) is 11.6 Å². The third-order valence-corrected chi connectivity index (χ3v) is 5.10. The van der Waals surface area contributed by atoms with E-state index in [0.717, 1.165) is 29.3 Å². The van der Waals surface area contributed by atoms with E-state index in [2.05, 4.69) is 23.8 Å². The van der Waals surface area contributed by atoms with E-state index in [1.165, 1.54) is 4.57 Å². The molecule has 0 fully saturated rings. The van der Waals surface area contributed by atoms with Gasteiger partial charge in [-0.1, -0.05) is 50.6 Å². The Morgan fingerprint density at radius 3 is 2.59 bits per heavy atom. The number of hydrogen-bond donors (Lipinski definition) is 1. The van der Waals surface area contributed by atoms with Crippen LogP contribution in [0.5, 0.6) is 0 Å². The standard InChI is InChI=1S/C20H27N5O2/c1-5-14(2)11-12-25(27)20-22-18-17(19(26)23(20)4)24(15(3)21-18)13-16-9-7-6-8-10-16/h6-10,14,27H,5,11-13H2,1-4H3. The summed E-state index contributed by atoms with van der Waals surface area (Å²) < 4.78 is 3.27. The molecule has 2 heterocycles. The normalized spacial score (nSPS) is 12.5. The van der Waals surface area contributed by atoms with Crippen molar-refractivity contribution in [3.05, 3.63) is 52.1 Å². The molecule has 0 spiro atoms. The third kappa shape index (κ3) is 3.88. The van der Waals surface area contributed by atoms with Crippen LogP contribution in [0.25, 0.3) is 11.2 Å². The van der Waals surface area contributed by atoms with Gasteiger partial charge < -0.3 is 4.57 Å². The monoisotopic (exact) mass is 369 g/mol. The summed E-state index contributed by atoms with van der Waals surface area (Å²) in [5, 5.41) is 11.5. The molecule has 0 aliphatic carbocycles. The van der Waals surface area contributed by atoms with E-state index in [0.29, 0.717) is 30.2 Å². The van der Waals surface area contributed by atoms with Gasteiger partial charge in [0.1, 0.15) is 5.82 Å². The molecule has 7 heteroatoms. The number of aryl methyl sites for hydroxylation is 1. The van der Waals surface area contributed by atoms with Crippen LogP contribution in [0, 0.1) is 12.8 Å². The SMILES string of the molecule is CCC(C)CCN(O)c1nc2nc(C)n(Cc3ccccc3)c2c(=O)n1C. The topological polar surface area (TPSA) is 76.2 Å². The quantitative estimate of drug-likeness (QED) is 0.648. The van der Waals surface area contributed by atoms with Crippen LogP contribution in [0.3, 0.4) is 0 Å². The van der Waals surface area contributed by atoms with Gasteiger partial charge in [0.25, 0.3) is 5.56 Å². The molecule has 1 atom stereocenters. The number of fused-ring (bicyclic) bond motifs is 1. The predicted octanol–water partition coefficient (Wildman–Crippen LogP) is 3.12. The van der Waals surface area contributed by atoms with Crippen molar-refractivity contribution in [3.8, 4) is 0 Å². The number of anilines is 1. The highest BCUT2D eigenvalue weighted by molar-refractivity contribution is 5.72. The molecule has 144 valence electrons. The average Bonchev–Trinajstić information content (AvgIpc) is 2.98. The first kappa shape index (κ1) is 19.1. The van der Waals surface area contributed by atoms with Crippen molar-refractivity contribution >= 4 is 17.1 Å². The van der Waals surface area contributed by atoms with E-state index in [-0.39, 0.29) is 11.5 Å². The summed E-state index contributed by atoms with van der Waals surface area (Å²) in [4.78, 5) is 21.9. The van der Waals surface area contributed by atoms with Gasteiger partial charge in [0.15, 0.2) is 11.2 Å². The number of rotatable bonds is 7.